The topological polar surface area (TPSA) is 50.7 Å². The summed E-state index contributed by atoms with van der Waals surface area (Å²) in [6, 6.07) is 3.44. The average Bonchev–Trinajstić information content (AvgIpc) is 2.50. The second-order valence-corrected chi connectivity index (χ2v) is 4.65. The monoisotopic (exact) mass is 292 g/mol. The first kappa shape index (κ1) is 15.3. The van der Waals surface area contributed by atoms with Gasteiger partial charge in [0.05, 0.1) is 11.4 Å². The fraction of sp³-hybridized carbons (Fsp3) is 0.400. The fourth-order valence-electron chi connectivity index (χ4n) is 2.06. The minimum Gasteiger partial charge on any atom is -0.353 e. The highest BCUT2D eigenvalue weighted by molar-refractivity contribution is 5.27. The summed E-state index contributed by atoms with van der Waals surface area (Å²) in [5, 5.41) is 11.1. The molecule has 0 radical (unpaired) electrons. The number of benzene rings is 1. The number of hydrogen-bond donors (Lipinski definition) is 1. The Morgan fingerprint density at radius 1 is 1.05 bits per heavy atom. The minimum absolute atomic E-state index is 0.330. The van der Waals surface area contributed by atoms with E-state index in [-0.39, 0.29) is 0 Å². The molecule has 0 aliphatic rings. The van der Waals surface area contributed by atoms with Gasteiger partial charge in [-0.1, -0.05) is 13.8 Å². The maximum atomic E-state index is 13.5. The molecule has 1 aromatic carbocycles. The van der Waals surface area contributed by atoms with Gasteiger partial charge in [0.15, 0.2) is 0 Å². The minimum atomic E-state index is -0.440. The number of hydrogen-bond acceptors (Lipinski definition) is 4. The maximum Gasteiger partial charge on any atom is 0.242 e. The molecule has 2 rings (SSSR count). The highest BCUT2D eigenvalue weighted by Crippen LogP contribution is 2.11. The number of aromatic nitrogens is 3. The van der Waals surface area contributed by atoms with Crippen LogP contribution in [-0.2, 0) is 19.3 Å². The predicted octanol–water partition coefficient (Wildman–Crippen LogP) is 2.93. The van der Waals surface area contributed by atoms with Gasteiger partial charge in [0.1, 0.15) is 11.6 Å². The predicted molar refractivity (Wildman–Crippen MR) is 77.1 cm³/mol. The van der Waals surface area contributed by atoms with Gasteiger partial charge in [-0.15, -0.1) is 5.10 Å². The van der Waals surface area contributed by atoms with E-state index < -0.39 is 11.6 Å². The third-order valence-electron chi connectivity index (χ3n) is 3.19. The third-order valence-corrected chi connectivity index (χ3v) is 3.19. The Kier molecular flexibility index (Phi) is 5.14. The second-order valence-electron chi connectivity index (χ2n) is 4.65. The van der Waals surface area contributed by atoms with Crippen molar-refractivity contribution < 1.29 is 8.78 Å². The van der Waals surface area contributed by atoms with Crippen molar-refractivity contribution in [3.63, 3.8) is 0 Å². The first-order valence-electron chi connectivity index (χ1n) is 7.04. The standard InChI is InChI=1S/C15H18F2N4/c1-3-13-14(4-2)20-21-15(19-13)18-8-7-10-9-11(16)5-6-12(10)17/h5-6,9H,3-4,7-8H2,1-2H3,(H,18,19,21). The number of nitrogens with zero attached hydrogens (tertiary/aromatic N) is 3. The summed E-state index contributed by atoms with van der Waals surface area (Å²) < 4.78 is 26.5. The number of nitrogens with one attached hydrogen (secondary N) is 1. The Labute approximate surface area is 122 Å². The highest BCUT2D eigenvalue weighted by Gasteiger charge is 2.07. The van der Waals surface area contributed by atoms with E-state index in [1.54, 1.807) is 0 Å². The molecule has 2 aromatic rings. The van der Waals surface area contributed by atoms with Gasteiger partial charge >= 0.3 is 0 Å². The van der Waals surface area contributed by atoms with E-state index in [2.05, 4.69) is 20.5 Å². The van der Waals surface area contributed by atoms with Gasteiger partial charge in [0, 0.05) is 6.54 Å². The summed E-state index contributed by atoms with van der Waals surface area (Å²) in [7, 11) is 0. The molecule has 1 aromatic heterocycles. The molecule has 1 N–H and O–H groups in total. The first-order valence-corrected chi connectivity index (χ1v) is 7.04. The zero-order valence-corrected chi connectivity index (χ0v) is 12.2. The molecule has 0 saturated carbocycles. The lowest BCUT2D eigenvalue weighted by molar-refractivity contribution is 0.585. The van der Waals surface area contributed by atoms with Gasteiger partial charge in [0.25, 0.3) is 0 Å². The van der Waals surface area contributed by atoms with Crippen LogP contribution >= 0.6 is 0 Å². The summed E-state index contributed by atoms with van der Waals surface area (Å²) in [6.45, 7) is 4.43. The van der Waals surface area contributed by atoms with Crippen LogP contribution in [0, 0.1) is 11.6 Å². The smallest absolute Gasteiger partial charge is 0.242 e. The van der Waals surface area contributed by atoms with E-state index in [1.165, 1.54) is 6.07 Å². The largest absolute Gasteiger partial charge is 0.353 e. The van der Waals surface area contributed by atoms with E-state index >= 15 is 0 Å². The van der Waals surface area contributed by atoms with E-state index in [4.69, 9.17) is 0 Å². The summed E-state index contributed by atoms with van der Waals surface area (Å²) in [6.07, 6.45) is 1.92. The van der Waals surface area contributed by atoms with Crippen molar-refractivity contribution in [1.29, 1.82) is 0 Å². The van der Waals surface area contributed by atoms with Crippen LogP contribution in [0.25, 0.3) is 0 Å². The van der Waals surface area contributed by atoms with Crippen LogP contribution in [0.1, 0.15) is 30.8 Å². The zero-order valence-electron chi connectivity index (χ0n) is 12.2. The van der Waals surface area contributed by atoms with Crippen LogP contribution in [0.15, 0.2) is 18.2 Å². The number of rotatable bonds is 6. The lowest BCUT2D eigenvalue weighted by Crippen LogP contribution is -2.12. The van der Waals surface area contributed by atoms with Gasteiger partial charge in [-0.05, 0) is 43.0 Å². The van der Waals surface area contributed by atoms with Crippen LogP contribution in [0.4, 0.5) is 14.7 Å². The van der Waals surface area contributed by atoms with Crippen molar-refractivity contribution in [2.45, 2.75) is 33.1 Å². The quantitative estimate of drug-likeness (QED) is 0.889. The van der Waals surface area contributed by atoms with Crippen molar-refractivity contribution in [2.24, 2.45) is 0 Å². The Bertz CT molecular complexity index is 617. The Balaban J connectivity index is 1.98. The van der Waals surface area contributed by atoms with Crippen LogP contribution in [0.2, 0.25) is 0 Å². The van der Waals surface area contributed by atoms with Gasteiger partial charge in [-0.3, -0.25) is 0 Å². The van der Waals surface area contributed by atoms with E-state index in [1.807, 2.05) is 13.8 Å². The fourth-order valence-corrected chi connectivity index (χ4v) is 2.06. The van der Waals surface area contributed by atoms with Crippen molar-refractivity contribution >= 4 is 5.95 Å². The number of aryl methyl sites for hydroxylation is 2. The van der Waals surface area contributed by atoms with Crippen molar-refractivity contribution in [2.75, 3.05) is 11.9 Å². The normalized spacial score (nSPS) is 10.7. The highest BCUT2D eigenvalue weighted by atomic mass is 19.1. The molecule has 0 atom stereocenters. The molecule has 0 aliphatic heterocycles. The lowest BCUT2D eigenvalue weighted by Gasteiger charge is -2.08. The first-order chi connectivity index (χ1) is 10.1. The van der Waals surface area contributed by atoms with Crippen LogP contribution in [0.5, 0.6) is 0 Å². The molecule has 1 heterocycles. The molecule has 0 fully saturated rings. The molecule has 0 spiro atoms. The second kappa shape index (κ2) is 7.06. The molecule has 21 heavy (non-hydrogen) atoms. The summed E-state index contributed by atoms with van der Waals surface area (Å²) in [4.78, 5) is 4.38. The molecule has 0 amide bonds. The molecular formula is C15H18F2N4. The van der Waals surface area contributed by atoms with Crippen LogP contribution in [-0.4, -0.2) is 21.7 Å². The van der Waals surface area contributed by atoms with Gasteiger partial charge in [0.2, 0.25) is 5.95 Å². The molecule has 112 valence electrons. The summed E-state index contributed by atoms with van der Waals surface area (Å²) in [5.74, 6) is -0.432. The molecule has 0 unspecified atom stereocenters. The molecule has 0 bridgehead atoms. The van der Waals surface area contributed by atoms with E-state index in [9.17, 15) is 8.78 Å². The molecule has 6 heteroatoms. The SMILES string of the molecule is CCc1nnc(NCCc2cc(F)ccc2F)nc1CC. The number of halogens is 2. The molecule has 0 aliphatic carbocycles. The van der Waals surface area contributed by atoms with E-state index in [0.717, 1.165) is 36.4 Å². The van der Waals surface area contributed by atoms with Gasteiger partial charge in [-0.25, -0.2) is 13.8 Å². The van der Waals surface area contributed by atoms with Gasteiger partial charge < -0.3 is 5.32 Å². The molecule has 4 nitrogen and oxygen atoms in total. The van der Waals surface area contributed by atoms with Crippen molar-refractivity contribution in [1.82, 2.24) is 15.2 Å². The number of anilines is 1. The molecular weight excluding hydrogens is 274 g/mol. The summed E-state index contributed by atoms with van der Waals surface area (Å²) in [5.41, 5.74) is 2.13. The van der Waals surface area contributed by atoms with Crippen LogP contribution < -0.4 is 5.32 Å². The average molecular weight is 292 g/mol. The zero-order chi connectivity index (χ0) is 15.2. The Hall–Kier alpha value is -2.11. The maximum absolute atomic E-state index is 13.5. The molecule has 0 saturated heterocycles. The van der Waals surface area contributed by atoms with Gasteiger partial charge in [-0.2, -0.15) is 5.10 Å². The van der Waals surface area contributed by atoms with Crippen molar-refractivity contribution in [3.8, 4) is 0 Å². The lowest BCUT2D eigenvalue weighted by atomic mass is 10.1. The summed E-state index contributed by atoms with van der Waals surface area (Å²) >= 11 is 0. The third kappa shape index (κ3) is 3.93. The van der Waals surface area contributed by atoms with Crippen molar-refractivity contribution in [3.05, 3.63) is 46.8 Å². The van der Waals surface area contributed by atoms with Crippen LogP contribution in [0.3, 0.4) is 0 Å². The Morgan fingerprint density at radius 2 is 1.81 bits per heavy atom. The Morgan fingerprint density at radius 3 is 2.52 bits per heavy atom. The van der Waals surface area contributed by atoms with E-state index in [0.29, 0.717) is 24.5 Å².